The zero-order valence-electron chi connectivity index (χ0n) is 7.38. The number of rotatable bonds is 0. The van der Waals surface area contributed by atoms with Crippen molar-refractivity contribution < 1.29 is 22.4 Å². The van der Waals surface area contributed by atoms with E-state index in [1.807, 2.05) is 72.8 Å². The van der Waals surface area contributed by atoms with Gasteiger partial charge in [-0.15, -0.1) is 0 Å². The van der Waals surface area contributed by atoms with Gasteiger partial charge in [0.2, 0.25) is 0 Å². The van der Waals surface area contributed by atoms with Gasteiger partial charge in [-0.2, -0.15) is 0 Å². The molecule has 0 atom stereocenters. The smallest absolute Gasteiger partial charge is 0 e. The van der Waals surface area contributed by atoms with E-state index in [1.54, 1.807) is 0 Å². The largest absolute Gasteiger partial charge is 0.0623 e. The van der Waals surface area contributed by atoms with Gasteiger partial charge in [-0.1, -0.05) is 72.8 Å². The molecule has 0 unspecified atom stereocenters. The van der Waals surface area contributed by atoms with Gasteiger partial charge in [0.05, 0.1) is 0 Å². The molecule has 0 fully saturated rings. The molecule has 0 aliphatic rings. The van der Waals surface area contributed by atoms with Crippen molar-refractivity contribution in [2.45, 2.75) is 0 Å². The summed E-state index contributed by atoms with van der Waals surface area (Å²) in [5.41, 5.74) is 0. The third kappa shape index (κ3) is 7.54. The standard InChI is InChI=1S/2C6H6.Nb/c2*1-2-4-6-5-3-1;/h2*1-6H;. The van der Waals surface area contributed by atoms with Gasteiger partial charge >= 0.3 is 0 Å². The summed E-state index contributed by atoms with van der Waals surface area (Å²) < 4.78 is 0. The van der Waals surface area contributed by atoms with Gasteiger partial charge in [0.15, 0.2) is 0 Å². The molecule has 0 spiro atoms. The molecule has 0 aliphatic carbocycles. The van der Waals surface area contributed by atoms with Gasteiger partial charge in [-0.25, -0.2) is 0 Å². The molecule has 2 aromatic carbocycles. The maximum absolute atomic E-state index is 2.00. The molecule has 0 bridgehead atoms. The first-order chi connectivity index (χ1) is 6.00. The first-order valence-corrected chi connectivity index (χ1v) is 4.00. The molecule has 13 heavy (non-hydrogen) atoms. The van der Waals surface area contributed by atoms with Gasteiger partial charge in [0.25, 0.3) is 0 Å². The summed E-state index contributed by atoms with van der Waals surface area (Å²) in [4.78, 5) is 0. The Balaban J connectivity index is 0.000000206. The number of hydrogen-bond donors (Lipinski definition) is 0. The van der Waals surface area contributed by atoms with Crippen molar-refractivity contribution in [3.05, 3.63) is 72.8 Å². The Labute approximate surface area is 95.1 Å². The van der Waals surface area contributed by atoms with Crippen LogP contribution in [0.4, 0.5) is 0 Å². The normalized spacial score (nSPS) is 7.38. The van der Waals surface area contributed by atoms with Gasteiger partial charge in [-0.3, -0.25) is 0 Å². The van der Waals surface area contributed by atoms with Crippen LogP contribution < -0.4 is 0 Å². The van der Waals surface area contributed by atoms with E-state index in [-0.39, 0.29) is 22.4 Å². The first-order valence-electron chi connectivity index (χ1n) is 4.00. The average Bonchev–Trinajstić information content (AvgIpc) is 2.24. The van der Waals surface area contributed by atoms with E-state index in [0.29, 0.717) is 0 Å². The van der Waals surface area contributed by atoms with Crippen molar-refractivity contribution in [2.75, 3.05) is 0 Å². The summed E-state index contributed by atoms with van der Waals surface area (Å²) in [6.07, 6.45) is 0. The van der Waals surface area contributed by atoms with E-state index in [4.69, 9.17) is 0 Å². The molecule has 0 heterocycles. The third-order valence-corrected chi connectivity index (χ3v) is 1.33. The Hall–Kier alpha value is -0.820. The molecular formula is C12H12Nb. The predicted octanol–water partition coefficient (Wildman–Crippen LogP) is 3.37. The summed E-state index contributed by atoms with van der Waals surface area (Å²) in [5.74, 6) is 0. The van der Waals surface area contributed by atoms with Crippen LogP contribution in [0.3, 0.4) is 0 Å². The van der Waals surface area contributed by atoms with Gasteiger partial charge in [0, 0.05) is 22.4 Å². The van der Waals surface area contributed by atoms with Gasteiger partial charge < -0.3 is 0 Å². The topological polar surface area (TPSA) is 0 Å². The van der Waals surface area contributed by atoms with E-state index < -0.39 is 0 Å². The SMILES string of the molecule is [Nb].c1ccccc1.c1ccccc1. The molecule has 1 radical (unpaired) electrons. The molecule has 0 aromatic heterocycles. The van der Waals surface area contributed by atoms with Crippen LogP contribution in [-0.4, -0.2) is 0 Å². The van der Waals surface area contributed by atoms with Crippen LogP contribution >= 0.6 is 0 Å². The Morgan fingerprint density at radius 3 is 0.385 bits per heavy atom. The maximum Gasteiger partial charge on any atom is 0 e. The zero-order chi connectivity index (χ0) is 8.49. The second kappa shape index (κ2) is 9.27. The van der Waals surface area contributed by atoms with Crippen LogP contribution in [0, 0.1) is 0 Å². The first kappa shape index (κ1) is 12.2. The summed E-state index contributed by atoms with van der Waals surface area (Å²) in [7, 11) is 0. The number of benzene rings is 2. The van der Waals surface area contributed by atoms with Crippen LogP contribution in [0.25, 0.3) is 0 Å². The van der Waals surface area contributed by atoms with Crippen LogP contribution in [0.5, 0.6) is 0 Å². The van der Waals surface area contributed by atoms with Crippen LogP contribution in [0.2, 0.25) is 0 Å². The molecule has 0 aliphatic heterocycles. The molecular weight excluding hydrogens is 237 g/mol. The molecule has 0 amide bonds. The monoisotopic (exact) mass is 249 g/mol. The quantitative estimate of drug-likeness (QED) is 0.628. The Morgan fingerprint density at radius 1 is 0.231 bits per heavy atom. The minimum Gasteiger partial charge on any atom is -0.0623 e. The predicted molar refractivity (Wildman–Crippen MR) is 52.9 cm³/mol. The Bertz CT molecular complexity index is 181. The van der Waals surface area contributed by atoms with E-state index in [9.17, 15) is 0 Å². The van der Waals surface area contributed by atoms with Crippen LogP contribution in [-0.2, 0) is 22.4 Å². The molecule has 0 nitrogen and oxygen atoms in total. The fraction of sp³-hybridized carbons (Fsp3) is 0. The summed E-state index contributed by atoms with van der Waals surface area (Å²) in [6.45, 7) is 0. The Morgan fingerprint density at radius 2 is 0.308 bits per heavy atom. The maximum atomic E-state index is 2.00. The molecule has 0 saturated heterocycles. The van der Waals surface area contributed by atoms with E-state index in [0.717, 1.165) is 0 Å². The second-order valence-corrected chi connectivity index (χ2v) is 2.31. The van der Waals surface area contributed by atoms with E-state index in [2.05, 4.69) is 0 Å². The van der Waals surface area contributed by atoms with Gasteiger partial charge in [-0.05, 0) is 0 Å². The second-order valence-electron chi connectivity index (χ2n) is 2.31. The number of hydrogen-bond acceptors (Lipinski definition) is 0. The van der Waals surface area contributed by atoms with Crippen molar-refractivity contribution in [1.29, 1.82) is 0 Å². The molecule has 2 rings (SSSR count). The minimum atomic E-state index is 0. The fourth-order valence-corrected chi connectivity index (χ4v) is 0.770. The van der Waals surface area contributed by atoms with Crippen molar-refractivity contribution in [3.63, 3.8) is 0 Å². The summed E-state index contributed by atoms with van der Waals surface area (Å²) in [5, 5.41) is 0. The third-order valence-electron chi connectivity index (χ3n) is 1.33. The van der Waals surface area contributed by atoms with E-state index >= 15 is 0 Å². The van der Waals surface area contributed by atoms with Crippen molar-refractivity contribution in [3.8, 4) is 0 Å². The van der Waals surface area contributed by atoms with Crippen LogP contribution in [0.1, 0.15) is 0 Å². The van der Waals surface area contributed by atoms with Crippen LogP contribution in [0.15, 0.2) is 72.8 Å². The van der Waals surface area contributed by atoms with E-state index in [1.165, 1.54) is 0 Å². The molecule has 0 saturated carbocycles. The summed E-state index contributed by atoms with van der Waals surface area (Å²) >= 11 is 0. The average molecular weight is 249 g/mol. The van der Waals surface area contributed by atoms with Gasteiger partial charge in [0.1, 0.15) is 0 Å². The minimum absolute atomic E-state index is 0. The van der Waals surface area contributed by atoms with Crippen molar-refractivity contribution in [1.82, 2.24) is 0 Å². The molecule has 0 N–H and O–H groups in total. The zero-order valence-corrected chi connectivity index (χ0v) is 9.57. The summed E-state index contributed by atoms with van der Waals surface area (Å²) in [6, 6.07) is 24.0. The fourth-order valence-electron chi connectivity index (χ4n) is 0.770. The Kier molecular flexibility index (Phi) is 8.69. The van der Waals surface area contributed by atoms with Crippen molar-refractivity contribution >= 4 is 0 Å². The molecule has 2 aromatic rings. The molecule has 1 heteroatoms. The van der Waals surface area contributed by atoms with Crippen molar-refractivity contribution in [2.24, 2.45) is 0 Å². The molecule has 65 valence electrons.